The first-order chi connectivity index (χ1) is 11.5. The highest BCUT2D eigenvalue weighted by atomic mass is 14.9. The molecule has 0 saturated carbocycles. The zero-order valence-corrected chi connectivity index (χ0v) is 14.8. The Hall–Kier alpha value is -2.34. The standard InChI is InChI=1S/C21H25N3/c1-4-5-15-7-9-19-17(11-15)20(18(12-22)21(23)24-19)16-8-6-13(2)10-14(16)3/h6,8,10,15H,4-5,7,9,11H2,1-3H3,(H2,23,24). The maximum Gasteiger partial charge on any atom is 0.142 e. The Bertz CT molecular complexity index is 815. The molecule has 0 fully saturated rings. The lowest BCUT2D eigenvalue weighted by Crippen LogP contribution is -2.18. The van der Waals surface area contributed by atoms with Gasteiger partial charge in [-0.3, -0.25) is 0 Å². The number of aromatic nitrogens is 1. The third kappa shape index (κ3) is 2.89. The van der Waals surface area contributed by atoms with E-state index in [4.69, 9.17) is 5.73 Å². The summed E-state index contributed by atoms with van der Waals surface area (Å²) in [5.74, 6) is 1.06. The molecule has 3 heteroatoms. The van der Waals surface area contributed by atoms with Gasteiger partial charge in [-0.25, -0.2) is 4.98 Å². The third-order valence-electron chi connectivity index (χ3n) is 5.15. The molecular formula is C21H25N3. The number of nitrogens with zero attached hydrogens (tertiary/aromatic N) is 2. The number of hydrogen-bond donors (Lipinski definition) is 1. The summed E-state index contributed by atoms with van der Waals surface area (Å²) in [5, 5.41) is 9.71. The fraction of sp³-hybridized carbons (Fsp3) is 0.429. The van der Waals surface area contributed by atoms with E-state index in [9.17, 15) is 5.26 Å². The van der Waals surface area contributed by atoms with Gasteiger partial charge in [-0.15, -0.1) is 0 Å². The fourth-order valence-electron chi connectivity index (χ4n) is 4.01. The number of benzene rings is 1. The highest BCUT2D eigenvalue weighted by Crippen LogP contribution is 2.39. The van der Waals surface area contributed by atoms with Crippen LogP contribution >= 0.6 is 0 Å². The number of rotatable bonds is 3. The summed E-state index contributed by atoms with van der Waals surface area (Å²) in [5.41, 5.74) is 13.6. The number of hydrogen-bond acceptors (Lipinski definition) is 3. The van der Waals surface area contributed by atoms with Gasteiger partial charge in [0, 0.05) is 11.3 Å². The maximum absolute atomic E-state index is 9.71. The van der Waals surface area contributed by atoms with Gasteiger partial charge in [0.1, 0.15) is 17.5 Å². The summed E-state index contributed by atoms with van der Waals surface area (Å²) >= 11 is 0. The SMILES string of the molecule is CCCC1CCc2nc(N)c(C#N)c(-c3ccc(C)cc3C)c2C1. The molecule has 0 radical (unpaired) electrons. The molecule has 0 spiro atoms. The predicted molar refractivity (Wildman–Crippen MR) is 98.7 cm³/mol. The monoisotopic (exact) mass is 319 g/mol. The summed E-state index contributed by atoms with van der Waals surface area (Å²) in [6.45, 7) is 6.44. The van der Waals surface area contributed by atoms with Crippen LogP contribution in [0.2, 0.25) is 0 Å². The van der Waals surface area contributed by atoms with E-state index in [1.165, 1.54) is 36.0 Å². The average Bonchev–Trinajstić information content (AvgIpc) is 2.55. The molecule has 1 heterocycles. The number of anilines is 1. The number of aryl methyl sites for hydroxylation is 3. The smallest absolute Gasteiger partial charge is 0.142 e. The van der Waals surface area contributed by atoms with Crippen molar-refractivity contribution in [3.63, 3.8) is 0 Å². The number of nitriles is 1. The van der Waals surface area contributed by atoms with Crippen LogP contribution in [0.5, 0.6) is 0 Å². The van der Waals surface area contributed by atoms with Crippen molar-refractivity contribution in [1.82, 2.24) is 4.98 Å². The van der Waals surface area contributed by atoms with Crippen molar-refractivity contribution < 1.29 is 0 Å². The summed E-state index contributed by atoms with van der Waals surface area (Å²) in [6, 6.07) is 8.73. The van der Waals surface area contributed by atoms with Gasteiger partial charge in [0.2, 0.25) is 0 Å². The molecule has 0 saturated heterocycles. The third-order valence-corrected chi connectivity index (χ3v) is 5.15. The van der Waals surface area contributed by atoms with Gasteiger partial charge in [-0.05, 0) is 55.7 Å². The van der Waals surface area contributed by atoms with E-state index < -0.39 is 0 Å². The molecule has 1 atom stereocenters. The zero-order chi connectivity index (χ0) is 17.3. The van der Waals surface area contributed by atoms with Crippen molar-refractivity contribution in [3.8, 4) is 17.2 Å². The van der Waals surface area contributed by atoms with Crippen LogP contribution in [-0.2, 0) is 12.8 Å². The number of nitrogen functional groups attached to an aromatic ring is 1. The van der Waals surface area contributed by atoms with Crippen LogP contribution in [0.15, 0.2) is 18.2 Å². The van der Waals surface area contributed by atoms with Crippen LogP contribution < -0.4 is 5.73 Å². The topological polar surface area (TPSA) is 62.7 Å². The summed E-state index contributed by atoms with van der Waals surface area (Å²) in [4.78, 5) is 4.57. The summed E-state index contributed by atoms with van der Waals surface area (Å²) in [6.07, 6.45) is 5.58. The van der Waals surface area contributed by atoms with Gasteiger partial charge in [-0.2, -0.15) is 5.26 Å². The molecule has 1 aliphatic carbocycles. The first-order valence-corrected chi connectivity index (χ1v) is 8.84. The lowest BCUT2D eigenvalue weighted by Gasteiger charge is -2.27. The highest BCUT2D eigenvalue weighted by molar-refractivity contribution is 5.81. The van der Waals surface area contributed by atoms with Gasteiger partial charge in [0.15, 0.2) is 0 Å². The predicted octanol–water partition coefficient (Wildman–Crippen LogP) is 4.72. The Kier molecular flexibility index (Phi) is 4.57. The minimum absolute atomic E-state index is 0.375. The Labute approximate surface area is 144 Å². The molecule has 124 valence electrons. The maximum atomic E-state index is 9.71. The summed E-state index contributed by atoms with van der Waals surface area (Å²) in [7, 11) is 0. The molecular weight excluding hydrogens is 294 g/mol. The van der Waals surface area contributed by atoms with Gasteiger partial charge in [0.25, 0.3) is 0 Å². The summed E-state index contributed by atoms with van der Waals surface area (Å²) < 4.78 is 0. The zero-order valence-electron chi connectivity index (χ0n) is 14.8. The van der Waals surface area contributed by atoms with E-state index in [0.717, 1.165) is 29.7 Å². The highest BCUT2D eigenvalue weighted by Gasteiger charge is 2.26. The number of fused-ring (bicyclic) bond motifs is 1. The van der Waals surface area contributed by atoms with Crippen molar-refractivity contribution in [1.29, 1.82) is 5.26 Å². The van der Waals surface area contributed by atoms with Crippen LogP contribution in [0.1, 0.15) is 54.1 Å². The van der Waals surface area contributed by atoms with E-state index in [2.05, 4.69) is 50.0 Å². The van der Waals surface area contributed by atoms with Crippen LogP contribution in [0.3, 0.4) is 0 Å². The molecule has 2 aromatic rings. The molecule has 1 aliphatic rings. The molecule has 0 aliphatic heterocycles. The van der Waals surface area contributed by atoms with Gasteiger partial charge in [0.05, 0.1) is 0 Å². The van der Waals surface area contributed by atoms with E-state index in [1.807, 2.05) is 0 Å². The van der Waals surface area contributed by atoms with Crippen LogP contribution in [-0.4, -0.2) is 4.98 Å². The van der Waals surface area contributed by atoms with Crippen molar-refractivity contribution in [2.45, 2.75) is 52.9 Å². The number of pyridine rings is 1. The Morgan fingerprint density at radius 2 is 2.12 bits per heavy atom. The lowest BCUT2D eigenvalue weighted by atomic mass is 9.79. The molecule has 0 bridgehead atoms. The lowest BCUT2D eigenvalue weighted by molar-refractivity contribution is 0.419. The molecule has 1 aromatic carbocycles. The van der Waals surface area contributed by atoms with Gasteiger partial charge < -0.3 is 5.73 Å². The normalized spacial score (nSPS) is 16.5. The van der Waals surface area contributed by atoms with Crippen LogP contribution in [0.25, 0.3) is 11.1 Å². The van der Waals surface area contributed by atoms with Crippen molar-refractivity contribution in [3.05, 3.63) is 46.1 Å². The minimum atomic E-state index is 0.375. The van der Waals surface area contributed by atoms with Crippen molar-refractivity contribution in [2.24, 2.45) is 5.92 Å². The number of nitrogens with two attached hydrogens (primary N) is 1. The minimum Gasteiger partial charge on any atom is -0.383 e. The molecule has 3 rings (SSSR count). The van der Waals surface area contributed by atoms with Gasteiger partial charge in [-0.1, -0.05) is 43.5 Å². The van der Waals surface area contributed by atoms with E-state index in [-0.39, 0.29) is 0 Å². The average molecular weight is 319 g/mol. The van der Waals surface area contributed by atoms with Crippen molar-refractivity contribution in [2.75, 3.05) is 5.73 Å². The molecule has 0 amide bonds. The van der Waals surface area contributed by atoms with E-state index in [0.29, 0.717) is 17.3 Å². The van der Waals surface area contributed by atoms with E-state index >= 15 is 0 Å². The Balaban J connectivity index is 2.23. The van der Waals surface area contributed by atoms with Crippen LogP contribution in [0, 0.1) is 31.1 Å². The van der Waals surface area contributed by atoms with Gasteiger partial charge >= 0.3 is 0 Å². The molecule has 1 aromatic heterocycles. The largest absolute Gasteiger partial charge is 0.383 e. The molecule has 2 N–H and O–H groups in total. The first kappa shape index (κ1) is 16.5. The quantitative estimate of drug-likeness (QED) is 0.890. The van der Waals surface area contributed by atoms with Crippen LogP contribution in [0.4, 0.5) is 5.82 Å². The molecule has 3 nitrogen and oxygen atoms in total. The second-order valence-electron chi connectivity index (χ2n) is 7.00. The van der Waals surface area contributed by atoms with Crippen molar-refractivity contribution >= 4 is 5.82 Å². The first-order valence-electron chi connectivity index (χ1n) is 8.84. The Morgan fingerprint density at radius 1 is 1.33 bits per heavy atom. The van der Waals surface area contributed by atoms with E-state index in [1.54, 1.807) is 0 Å². The molecule has 24 heavy (non-hydrogen) atoms. The fourth-order valence-corrected chi connectivity index (χ4v) is 4.01. The second kappa shape index (κ2) is 6.65. The molecule has 1 unspecified atom stereocenters. The second-order valence-corrected chi connectivity index (χ2v) is 7.00. The Morgan fingerprint density at radius 3 is 2.79 bits per heavy atom.